The van der Waals surface area contributed by atoms with Crippen LogP contribution < -0.4 is 20.7 Å². The van der Waals surface area contributed by atoms with Gasteiger partial charge in [0.2, 0.25) is 11.9 Å². The largest absolute Gasteiger partial charge is 0.494 e. The topological polar surface area (TPSA) is 116 Å². The molecule has 41 heavy (non-hydrogen) atoms. The predicted molar refractivity (Wildman–Crippen MR) is 155 cm³/mol. The second-order valence-electron chi connectivity index (χ2n) is 10.3. The minimum atomic E-state index is -0.978. The molecule has 3 aromatic rings. The lowest BCUT2D eigenvalue weighted by atomic mass is 9.95. The molecule has 0 unspecified atom stereocenters. The normalized spacial score (nSPS) is 15.5. The molecule has 1 fully saturated rings. The van der Waals surface area contributed by atoms with Gasteiger partial charge in [0.15, 0.2) is 11.6 Å². The lowest BCUT2D eigenvalue weighted by Gasteiger charge is -2.42. The number of hydrogen-bond donors (Lipinski definition) is 3. The molecule has 1 amide bonds. The number of nitrogens with zero attached hydrogens (tertiary/aromatic N) is 2. The van der Waals surface area contributed by atoms with Gasteiger partial charge < -0.3 is 34.9 Å². The van der Waals surface area contributed by atoms with E-state index in [-0.39, 0.29) is 23.1 Å². The van der Waals surface area contributed by atoms with Crippen molar-refractivity contribution in [3.8, 4) is 5.75 Å². The molecule has 10 nitrogen and oxygen atoms in total. The molecule has 0 atom stereocenters. The number of halogens is 1. The Balaban J connectivity index is 1.25. The lowest BCUT2D eigenvalue weighted by molar-refractivity contribution is -0.418. The smallest absolute Gasteiger partial charge is 0.282 e. The highest BCUT2D eigenvalue weighted by Gasteiger charge is 2.40. The van der Waals surface area contributed by atoms with Gasteiger partial charge in [0, 0.05) is 35.3 Å². The fourth-order valence-corrected chi connectivity index (χ4v) is 3.84. The number of anilines is 5. The molecule has 0 saturated carbocycles. The van der Waals surface area contributed by atoms with Gasteiger partial charge in [-0.25, -0.2) is 9.37 Å². The Morgan fingerprint density at radius 1 is 1.07 bits per heavy atom. The van der Waals surface area contributed by atoms with Crippen LogP contribution in [0.5, 0.6) is 5.75 Å². The minimum absolute atomic E-state index is 0.0190. The summed E-state index contributed by atoms with van der Waals surface area (Å²) >= 11 is 0. The minimum Gasteiger partial charge on any atom is -0.494 e. The number of carbonyl (C=O) groups excluding carboxylic acids is 1. The Hall–Kier alpha value is -4.06. The van der Waals surface area contributed by atoms with Gasteiger partial charge in [-0.2, -0.15) is 4.98 Å². The van der Waals surface area contributed by atoms with Crippen LogP contribution in [0.1, 0.15) is 33.6 Å². The second-order valence-corrected chi connectivity index (χ2v) is 10.3. The van der Waals surface area contributed by atoms with E-state index < -0.39 is 11.8 Å². The summed E-state index contributed by atoms with van der Waals surface area (Å²) in [6, 6.07) is 14.1. The van der Waals surface area contributed by atoms with Gasteiger partial charge in [-0.3, -0.25) is 4.79 Å². The van der Waals surface area contributed by atoms with E-state index in [9.17, 15) is 9.18 Å². The number of hydrogen-bond acceptors (Lipinski definition) is 9. The van der Waals surface area contributed by atoms with E-state index in [2.05, 4.69) is 46.3 Å². The number of rotatable bonds is 13. The molecule has 0 spiro atoms. The number of benzene rings is 2. The van der Waals surface area contributed by atoms with Crippen LogP contribution in [0.3, 0.4) is 0 Å². The Kier molecular flexibility index (Phi) is 9.87. The van der Waals surface area contributed by atoms with Crippen LogP contribution in [0.2, 0.25) is 0 Å². The van der Waals surface area contributed by atoms with Crippen molar-refractivity contribution in [1.82, 2.24) is 9.97 Å². The highest BCUT2D eigenvalue weighted by atomic mass is 19.1. The van der Waals surface area contributed by atoms with Crippen LogP contribution >= 0.6 is 0 Å². The molecule has 0 radical (unpaired) electrons. The van der Waals surface area contributed by atoms with E-state index >= 15 is 0 Å². The zero-order valence-electron chi connectivity index (χ0n) is 23.5. The van der Waals surface area contributed by atoms with E-state index in [0.29, 0.717) is 62.1 Å². The van der Waals surface area contributed by atoms with Crippen LogP contribution in [0, 0.1) is 11.2 Å². The number of nitrogens with one attached hydrogen (secondary N) is 3. The maximum atomic E-state index is 14.4. The standard InChI is InChI=1S/C30H36FN5O5/c1-5-26(37)33-22-9-7-10-23(17-22)34-27-25(31)18-32-28(36-27)35-21-11-13-24(14-12-21)38-15-8-16-39-30(6-2)40-19-29(3,4)20-41-30/h5,7,9-14,17-18H,1,6,8,15-16,19-20H2,2-4H3,(H,33,37)(H2,32,34,35,36). The first-order chi connectivity index (χ1) is 19.7. The van der Waals surface area contributed by atoms with E-state index in [1.165, 1.54) is 6.08 Å². The summed E-state index contributed by atoms with van der Waals surface area (Å²) in [6.07, 6.45) is 3.52. The summed E-state index contributed by atoms with van der Waals surface area (Å²) in [5.74, 6) is -1.07. The van der Waals surface area contributed by atoms with Crippen molar-refractivity contribution >= 4 is 34.7 Å². The van der Waals surface area contributed by atoms with E-state index in [1.54, 1.807) is 24.3 Å². The van der Waals surface area contributed by atoms with Crippen LogP contribution in [0.25, 0.3) is 0 Å². The van der Waals surface area contributed by atoms with Crippen LogP contribution in [-0.2, 0) is 19.0 Å². The van der Waals surface area contributed by atoms with Crippen LogP contribution in [0.15, 0.2) is 67.4 Å². The summed E-state index contributed by atoms with van der Waals surface area (Å²) in [5, 5.41) is 8.63. The predicted octanol–water partition coefficient (Wildman–Crippen LogP) is 6.15. The van der Waals surface area contributed by atoms with Crippen molar-refractivity contribution in [2.45, 2.75) is 39.6 Å². The molecule has 4 rings (SSSR count). The molecule has 1 aromatic heterocycles. The molecular formula is C30H36FN5O5. The third kappa shape index (κ3) is 8.71. The van der Waals surface area contributed by atoms with Crippen molar-refractivity contribution in [2.75, 3.05) is 42.4 Å². The van der Waals surface area contributed by atoms with Crippen molar-refractivity contribution in [3.63, 3.8) is 0 Å². The molecule has 1 aliphatic heterocycles. The fraction of sp³-hybridized carbons (Fsp3) is 0.367. The van der Waals surface area contributed by atoms with Crippen molar-refractivity contribution < 1.29 is 28.1 Å². The van der Waals surface area contributed by atoms with E-state index in [0.717, 1.165) is 6.20 Å². The van der Waals surface area contributed by atoms with Gasteiger partial charge in [0.05, 0.1) is 32.6 Å². The molecule has 2 aromatic carbocycles. The van der Waals surface area contributed by atoms with Gasteiger partial charge in [-0.15, -0.1) is 0 Å². The zero-order valence-corrected chi connectivity index (χ0v) is 23.5. The number of ether oxygens (including phenoxy) is 4. The van der Waals surface area contributed by atoms with Crippen molar-refractivity contribution in [2.24, 2.45) is 5.41 Å². The molecule has 1 saturated heterocycles. The fourth-order valence-electron chi connectivity index (χ4n) is 3.84. The summed E-state index contributed by atoms with van der Waals surface area (Å²) in [5.41, 5.74) is 1.75. The van der Waals surface area contributed by atoms with Crippen molar-refractivity contribution in [3.05, 3.63) is 73.2 Å². The third-order valence-electron chi connectivity index (χ3n) is 6.11. The van der Waals surface area contributed by atoms with Gasteiger partial charge >= 0.3 is 0 Å². The monoisotopic (exact) mass is 565 g/mol. The van der Waals surface area contributed by atoms with E-state index in [1.807, 2.05) is 31.2 Å². The first-order valence-electron chi connectivity index (χ1n) is 13.4. The second kappa shape index (κ2) is 13.5. The summed E-state index contributed by atoms with van der Waals surface area (Å²) < 4.78 is 37.9. The molecule has 218 valence electrons. The maximum Gasteiger partial charge on any atom is 0.282 e. The molecule has 1 aliphatic rings. The first-order valence-corrected chi connectivity index (χ1v) is 13.4. The molecule has 0 bridgehead atoms. The zero-order chi connectivity index (χ0) is 29.3. The van der Waals surface area contributed by atoms with Gasteiger partial charge in [-0.1, -0.05) is 33.4 Å². The Morgan fingerprint density at radius 2 is 1.80 bits per heavy atom. The molecule has 0 aliphatic carbocycles. The summed E-state index contributed by atoms with van der Waals surface area (Å²) in [6.45, 7) is 11.7. The highest BCUT2D eigenvalue weighted by Crippen LogP contribution is 2.32. The number of carbonyl (C=O) groups is 1. The number of amides is 1. The number of aromatic nitrogens is 2. The summed E-state index contributed by atoms with van der Waals surface area (Å²) in [7, 11) is 0. The average Bonchev–Trinajstić information content (AvgIpc) is 2.97. The van der Waals surface area contributed by atoms with Crippen LogP contribution in [0.4, 0.5) is 33.2 Å². The Labute approximate surface area is 239 Å². The SMILES string of the molecule is C=CC(=O)Nc1cccc(Nc2nc(Nc3ccc(OCCCOC4(CC)OCC(C)(C)CO4)cc3)ncc2F)c1. The lowest BCUT2D eigenvalue weighted by Crippen LogP contribution is -2.49. The quantitative estimate of drug-likeness (QED) is 0.166. The average molecular weight is 566 g/mol. The molecule has 2 heterocycles. The highest BCUT2D eigenvalue weighted by molar-refractivity contribution is 5.99. The molecule has 11 heteroatoms. The first kappa shape index (κ1) is 29.9. The van der Waals surface area contributed by atoms with Gasteiger partial charge in [0.1, 0.15) is 5.75 Å². The van der Waals surface area contributed by atoms with E-state index in [4.69, 9.17) is 18.9 Å². The maximum absolute atomic E-state index is 14.4. The third-order valence-corrected chi connectivity index (χ3v) is 6.11. The molecular weight excluding hydrogens is 529 g/mol. The van der Waals surface area contributed by atoms with Gasteiger partial charge in [0.25, 0.3) is 5.97 Å². The Bertz CT molecular complexity index is 1330. The van der Waals surface area contributed by atoms with Gasteiger partial charge in [-0.05, 0) is 48.5 Å². The molecule has 3 N–H and O–H groups in total. The summed E-state index contributed by atoms with van der Waals surface area (Å²) in [4.78, 5) is 19.8. The Morgan fingerprint density at radius 3 is 2.51 bits per heavy atom. The van der Waals surface area contributed by atoms with Crippen LogP contribution in [-0.4, -0.2) is 48.3 Å². The van der Waals surface area contributed by atoms with Crippen molar-refractivity contribution in [1.29, 1.82) is 0 Å².